The number of carboxylic acid groups (broad SMARTS) is 1. The average Bonchev–Trinajstić information content (AvgIpc) is 3.11. The Morgan fingerprint density at radius 2 is 1.96 bits per heavy atom. The molecule has 4 rings (SSSR count). The van der Waals surface area contributed by atoms with Gasteiger partial charge in [0.1, 0.15) is 5.82 Å². The highest BCUT2D eigenvalue weighted by Gasteiger charge is 2.25. The van der Waals surface area contributed by atoms with Crippen molar-refractivity contribution >= 4 is 16.7 Å². The zero-order valence-electron chi connectivity index (χ0n) is 13.5. The standard InChI is InChI=1S/C20H12FNO4/c21-13-4-1-11(2-5-13)17-14(7-8-22)15(20(23)24)9-12-3-6-16-19(18(12)17)26-10-25-16/h1-6,9H,7,10H2,(H,23,24). The van der Waals surface area contributed by atoms with Gasteiger partial charge in [-0.3, -0.25) is 0 Å². The van der Waals surface area contributed by atoms with Gasteiger partial charge in [-0.2, -0.15) is 5.26 Å². The molecule has 3 aromatic carbocycles. The van der Waals surface area contributed by atoms with Crippen LogP contribution >= 0.6 is 0 Å². The average molecular weight is 349 g/mol. The highest BCUT2D eigenvalue weighted by molar-refractivity contribution is 6.08. The number of rotatable bonds is 3. The molecule has 0 amide bonds. The number of carbonyl (C=O) groups is 1. The molecule has 3 aromatic rings. The van der Waals surface area contributed by atoms with Crippen molar-refractivity contribution < 1.29 is 23.8 Å². The number of nitriles is 1. The van der Waals surface area contributed by atoms with Crippen LogP contribution in [0.1, 0.15) is 15.9 Å². The van der Waals surface area contributed by atoms with Gasteiger partial charge in [-0.25, -0.2) is 9.18 Å². The Balaban J connectivity index is 2.18. The zero-order valence-corrected chi connectivity index (χ0v) is 13.5. The van der Waals surface area contributed by atoms with Gasteiger partial charge in [0.25, 0.3) is 0 Å². The first-order chi connectivity index (χ1) is 12.6. The minimum atomic E-state index is -1.13. The maximum atomic E-state index is 13.4. The zero-order chi connectivity index (χ0) is 18.3. The predicted molar refractivity (Wildman–Crippen MR) is 91.7 cm³/mol. The smallest absolute Gasteiger partial charge is 0.336 e. The number of carboxylic acids is 1. The summed E-state index contributed by atoms with van der Waals surface area (Å²) in [6.07, 6.45) is -0.102. The quantitative estimate of drug-likeness (QED) is 0.769. The Bertz CT molecular complexity index is 1080. The summed E-state index contributed by atoms with van der Waals surface area (Å²) < 4.78 is 24.4. The normalized spacial score (nSPS) is 12.2. The van der Waals surface area contributed by atoms with E-state index in [1.54, 1.807) is 24.3 Å². The number of benzene rings is 3. The Labute approximate surface area is 147 Å². The number of hydrogen-bond donors (Lipinski definition) is 1. The molecule has 128 valence electrons. The van der Waals surface area contributed by atoms with E-state index >= 15 is 0 Å². The number of fused-ring (bicyclic) bond motifs is 3. The van der Waals surface area contributed by atoms with Crippen molar-refractivity contribution in [3.8, 4) is 28.7 Å². The summed E-state index contributed by atoms with van der Waals surface area (Å²) in [6.45, 7) is 0.0611. The first-order valence-corrected chi connectivity index (χ1v) is 7.84. The molecule has 0 radical (unpaired) electrons. The number of hydrogen-bond acceptors (Lipinski definition) is 4. The van der Waals surface area contributed by atoms with Crippen molar-refractivity contribution in [3.63, 3.8) is 0 Å². The summed E-state index contributed by atoms with van der Waals surface area (Å²) >= 11 is 0. The Kier molecular flexibility index (Phi) is 3.70. The molecule has 0 fully saturated rings. The molecule has 0 bridgehead atoms. The summed E-state index contributed by atoms with van der Waals surface area (Å²) in [5, 5.41) is 20.2. The van der Waals surface area contributed by atoms with Gasteiger partial charge in [0.05, 0.1) is 18.1 Å². The Morgan fingerprint density at radius 1 is 1.19 bits per heavy atom. The minimum absolute atomic E-state index is 0.0391. The summed E-state index contributed by atoms with van der Waals surface area (Å²) in [6, 6.07) is 12.7. The van der Waals surface area contributed by atoms with Crippen molar-refractivity contribution in [1.29, 1.82) is 5.26 Å². The van der Waals surface area contributed by atoms with E-state index in [2.05, 4.69) is 0 Å². The van der Waals surface area contributed by atoms with Gasteiger partial charge in [-0.05, 0) is 46.3 Å². The lowest BCUT2D eigenvalue weighted by molar-refractivity contribution is 0.0696. The van der Waals surface area contributed by atoms with Crippen molar-refractivity contribution in [1.82, 2.24) is 0 Å². The van der Waals surface area contributed by atoms with Gasteiger partial charge in [0.15, 0.2) is 11.5 Å². The molecule has 6 heteroatoms. The van der Waals surface area contributed by atoms with Crippen LogP contribution in [0.15, 0.2) is 42.5 Å². The van der Waals surface area contributed by atoms with Gasteiger partial charge in [-0.15, -0.1) is 0 Å². The topological polar surface area (TPSA) is 79.6 Å². The van der Waals surface area contributed by atoms with Crippen LogP contribution in [0, 0.1) is 17.1 Å². The van der Waals surface area contributed by atoms with Crippen LogP contribution < -0.4 is 9.47 Å². The van der Waals surface area contributed by atoms with Crippen molar-refractivity contribution in [2.24, 2.45) is 0 Å². The second-order valence-corrected chi connectivity index (χ2v) is 5.82. The molecule has 0 spiro atoms. The number of halogens is 1. The molecule has 0 unspecified atom stereocenters. The molecule has 0 aliphatic carbocycles. The molecule has 0 atom stereocenters. The molecule has 5 nitrogen and oxygen atoms in total. The van der Waals surface area contributed by atoms with Gasteiger partial charge < -0.3 is 14.6 Å². The third kappa shape index (κ3) is 2.42. The third-order valence-corrected chi connectivity index (χ3v) is 4.37. The minimum Gasteiger partial charge on any atom is -0.478 e. The third-order valence-electron chi connectivity index (χ3n) is 4.37. The summed E-state index contributed by atoms with van der Waals surface area (Å²) in [5.74, 6) is -0.484. The molecular formula is C20H12FNO4. The van der Waals surface area contributed by atoms with Crippen molar-refractivity contribution in [2.45, 2.75) is 6.42 Å². The van der Waals surface area contributed by atoms with Crippen LogP contribution in [0.2, 0.25) is 0 Å². The first-order valence-electron chi connectivity index (χ1n) is 7.84. The van der Waals surface area contributed by atoms with E-state index < -0.39 is 11.8 Å². The molecule has 0 aromatic heterocycles. The predicted octanol–water partition coefficient (Wildman–Crippen LogP) is 4.14. The fourth-order valence-corrected chi connectivity index (χ4v) is 3.28. The number of aromatic carboxylic acids is 1. The molecule has 26 heavy (non-hydrogen) atoms. The molecule has 0 saturated carbocycles. The SMILES string of the molecule is N#CCc1c(C(=O)O)cc2ccc3c(c2c1-c1ccc(F)cc1)OCO3. The van der Waals surface area contributed by atoms with Gasteiger partial charge >= 0.3 is 5.97 Å². The summed E-state index contributed by atoms with van der Waals surface area (Å²) in [4.78, 5) is 11.8. The van der Waals surface area contributed by atoms with Crippen LogP contribution in [0.25, 0.3) is 21.9 Å². The molecule has 1 aliphatic rings. The van der Waals surface area contributed by atoms with Gasteiger partial charge in [-0.1, -0.05) is 18.2 Å². The highest BCUT2D eigenvalue weighted by atomic mass is 19.1. The molecule has 1 aliphatic heterocycles. The van der Waals surface area contributed by atoms with Crippen LogP contribution in [0.5, 0.6) is 11.5 Å². The first kappa shape index (κ1) is 15.9. The van der Waals surface area contributed by atoms with E-state index in [-0.39, 0.29) is 18.8 Å². The van der Waals surface area contributed by atoms with Gasteiger partial charge in [0, 0.05) is 5.39 Å². The second-order valence-electron chi connectivity index (χ2n) is 5.82. The van der Waals surface area contributed by atoms with E-state index in [0.29, 0.717) is 39.0 Å². The van der Waals surface area contributed by atoms with Crippen LogP contribution in [0.4, 0.5) is 4.39 Å². The number of nitrogens with zero attached hydrogens (tertiary/aromatic N) is 1. The molecular weight excluding hydrogens is 337 g/mol. The number of ether oxygens (including phenoxy) is 2. The van der Waals surface area contributed by atoms with Crippen LogP contribution in [-0.4, -0.2) is 17.9 Å². The van der Waals surface area contributed by atoms with Crippen molar-refractivity contribution in [2.75, 3.05) is 6.79 Å². The lowest BCUT2D eigenvalue weighted by atomic mass is 9.87. The van der Waals surface area contributed by atoms with Crippen LogP contribution in [0.3, 0.4) is 0 Å². The lowest BCUT2D eigenvalue weighted by Crippen LogP contribution is -2.05. The molecule has 0 saturated heterocycles. The maximum absolute atomic E-state index is 13.4. The van der Waals surface area contributed by atoms with Gasteiger partial charge in [0.2, 0.25) is 6.79 Å². The van der Waals surface area contributed by atoms with E-state index in [1.807, 2.05) is 6.07 Å². The fourth-order valence-electron chi connectivity index (χ4n) is 3.28. The summed E-state index contributed by atoms with van der Waals surface area (Å²) in [5.41, 5.74) is 1.55. The largest absolute Gasteiger partial charge is 0.478 e. The summed E-state index contributed by atoms with van der Waals surface area (Å²) in [7, 11) is 0. The maximum Gasteiger partial charge on any atom is 0.336 e. The Morgan fingerprint density at radius 3 is 2.65 bits per heavy atom. The van der Waals surface area contributed by atoms with E-state index in [4.69, 9.17) is 9.47 Å². The molecule has 1 N–H and O–H groups in total. The van der Waals surface area contributed by atoms with E-state index in [1.165, 1.54) is 18.2 Å². The lowest BCUT2D eigenvalue weighted by Gasteiger charge is -2.16. The molecule has 1 heterocycles. The van der Waals surface area contributed by atoms with Crippen LogP contribution in [-0.2, 0) is 6.42 Å². The monoisotopic (exact) mass is 349 g/mol. The highest BCUT2D eigenvalue weighted by Crippen LogP contribution is 2.46. The second kappa shape index (κ2) is 6.05. The van der Waals surface area contributed by atoms with E-state index in [0.717, 1.165) is 0 Å². The van der Waals surface area contributed by atoms with Crippen molar-refractivity contribution in [3.05, 3.63) is 59.4 Å². The fraction of sp³-hybridized carbons (Fsp3) is 0.100. The van der Waals surface area contributed by atoms with E-state index in [9.17, 15) is 19.6 Å². The Hall–Kier alpha value is -3.59.